The quantitative estimate of drug-likeness (QED) is 0.884. The van der Waals surface area contributed by atoms with E-state index in [0.717, 1.165) is 23.0 Å². The monoisotopic (exact) mass is 285 g/mol. The van der Waals surface area contributed by atoms with Crippen molar-refractivity contribution in [2.24, 2.45) is 5.73 Å². The van der Waals surface area contributed by atoms with Gasteiger partial charge in [0.2, 0.25) is 0 Å². The van der Waals surface area contributed by atoms with Crippen LogP contribution in [0.3, 0.4) is 0 Å². The molecule has 0 aromatic carbocycles. The summed E-state index contributed by atoms with van der Waals surface area (Å²) >= 11 is 3.40. The van der Waals surface area contributed by atoms with Crippen LogP contribution >= 0.6 is 15.9 Å². The molecule has 1 atom stereocenters. The Balaban J connectivity index is 2.09. The minimum absolute atomic E-state index is 0.0169. The maximum absolute atomic E-state index is 11.9. The van der Waals surface area contributed by atoms with Crippen molar-refractivity contribution in [2.75, 3.05) is 6.54 Å². The first kappa shape index (κ1) is 11.7. The van der Waals surface area contributed by atoms with E-state index in [1.807, 2.05) is 23.8 Å². The average Bonchev–Trinajstić information content (AvgIpc) is 2.98. The number of nitrogens with zero attached hydrogens (tertiary/aromatic N) is 1. The third kappa shape index (κ3) is 2.65. The number of nitrogens with two attached hydrogens (primary N) is 1. The van der Waals surface area contributed by atoms with Crippen molar-refractivity contribution in [1.29, 1.82) is 0 Å². The van der Waals surface area contributed by atoms with E-state index in [9.17, 15) is 4.79 Å². The highest BCUT2D eigenvalue weighted by molar-refractivity contribution is 9.10. The molecular weight excluding hydrogens is 270 g/mol. The first-order valence-corrected chi connectivity index (χ1v) is 6.28. The molecule has 5 heteroatoms. The van der Waals surface area contributed by atoms with Crippen molar-refractivity contribution >= 4 is 21.8 Å². The molecule has 1 aromatic heterocycles. The fourth-order valence-electron chi connectivity index (χ4n) is 1.63. The van der Waals surface area contributed by atoms with Crippen LogP contribution in [0.1, 0.15) is 36.3 Å². The summed E-state index contributed by atoms with van der Waals surface area (Å²) in [4.78, 5) is 11.9. The van der Waals surface area contributed by atoms with Gasteiger partial charge in [0, 0.05) is 29.3 Å². The molecule has 0 saturated heterocycles. The van der Waals surface area contributed by atoms with Crippen LogP contribution in [0.4, 0.5) is 0 Å². The molecule has 1 heterocycles. The lowest BCUT2D eigenvalue weighted by atomic mass is 10.3. The second kappa shape index (κ2) is 4.59. The Morgan fingerprint density at radius 3 is 3.00 bits per heavy atom. The molecular formula is C11H16BrN3O. The van der Waals surface area contributed by atoms with Gasteiger partial charge in [-0.1, -0.05) is 0 Å². The summed E-state index contributed by atoms with van der Waals surface area (Å²) < 4.78 is 2.99. The Labute approximate surface area is 103 Å². The molecule has 0 aliphatic heterocycles. The maximum atomic E-state index is 11.9. The van der Waals surface area contributed by atoms with Gasteiger partial charge >= 0.3 is 0 Å². The molecule has 16 heavy (non-hydrogen) atoms. The number of hydrogen-bond donors (Lipinski definition) is 2. The maximum Gasteiger partial charge on any atom is 0.268 e. The number of aromatic nitrogens is 1. The van der Waals surface area contributed by atoms with Crippen LogP contribution in [0, 0.1) is 0 Å². The van der Waals surface area contributed by atoms with Gasteiger partial charge in [0.05, 0.1) is 0 Å². The van der Waals surface area contributed by atoms with Gasteiger partial charge in [0.1, 0.15) is 5.69 Å². The lowest BCUT2D eigenvalue weighted by molar-refractivity contribution is 0.0942. The summed E-state index contributed by atoms with van der Waals surface area (Å²) in [5.74, 6) is -0.0464. The number of rotatable bonds is 4. The predicted octanol–water partition coefficient (Wildman–Crippen LogP) is 1.66. The third-order valence-corrected chi connectivity index (χ3v) is 3.01. The van der Waals surface area contributed by atoms with E-state index in [4.69, 9.17) is 5.73 Å². The molecule has 2 rings (SSSR count). The molecule has 1 aliphatic rings. The van der Waals surface area contributed by atoms with Crippen molar-refractivity contribution in [3.05, 3.63) is 22.4 Å². The SMILES string of the molecule is CC(N)CNC(=O)c1cc(Br)cn1C1CC1. The van der Waals surface area contributed by atoms with E-state index in [2.05, 4.69) is 21.2 Å². The molecule has 88 valence electrons. The van der Waals surface area contributed by atoms with Gasteiger partial charge in [0.25, 0.3) is 5.91 Å². The van der Waals surface area contributed by atoms with Crippen molar-refractivity contribution in [1.82, 2.24) is 9.88 Å². The number of carbonyl (C=O) groups excluding carboxylic acids is 1. The van der Waals surface area contributed by atoms with E-state index in [1.54, 1.807) is 0 Å². The predicted molar refractivity (Wildman–Crippen MR) is 66.4 cm³/mol. The van der Waals surface area contributed by atoms with Gasteiger partial charge in [-0.2, -0.15) is 0 Å². The van der Waals surface area contributed by atoms with Crippen LogP contribution in [0.25, 0.3) is 0 Å². The summed E-state index contributed by atoms with van der Waals surface area (Å²) in [6.45, 7) is 2.38. The minimum atomic E-state index is -0.0464. The summed E-state index contributed by atoms with van der Waals surface area (Å²) in [7, 11) is 0. The number of halogens is 1. The largest absolute Gasteiger partial charge is 0.349 e. The normalized spacial score (nSPS) is 17.2. The Kier molecular flexibility index (Phi) is 3.35. The Bertz CT molecular complexity index is 396. The van der Waals surface area contributed by atoms with Crippen molar-refractivity contribution in [2.45, 2.75) is 31.8 Å². The van der Waals surface area contributed by atoms with Crippen molar-refractivity contribution < 1.29 is 4.79 Å². The van der Waals surface area contributed by atoms with Gasteiger partial charge in [-0.3, -0.25) is 4.79 Å². The summed E-state index contributed by atoms with van der Waals surface area (Å²) in [5.41, 5.74) is 6.32. The topological polar surface area (TPSA) is 60.0 Å². The van der Waals surface area contributed by atoms with Gasteiger partial charge in [-0.05, 0) is 41.8 Å². The van der Waals surface area contributed by atoms with E-state index in [1.165, 1.54) is 0 Å². The van der Waals surface area contributed by atoms with Gasteiger partial charge in [0.15, 0.2) is 0 Å². The molecule has 1 saturated carbocycles. The van der Waals surface area contributed by atoms with E-state index in [-0.39, 0.29) is 11.9 Å². The van der Waals surface area contributed by atoms with Crippen LogP contribution in [0.5, 0.6) is 0 Å². The Hall–Kier alpha value is -0.810. The molecule has 1 unspecified atom stereocenters. The number of hydrogen-bond acceptors (Lipinski definition) is 2. The lowest BCUT2D eigenvalue weighted by Gasteiger charge is -2.10. The minimum Gasteiger partial charge on any atom is -0.349 e. The first-order valence-electron chi connectivity index (χ1n) is 5.49. The van der Waals surface area contributed by atoms with Crippen molar-refractivity contribution in [3.63, 3.8) is 0 Å². The third-order valence-electron chi connectivity index (χ3n) is 2.57. The zero-order valence-corrected chi connectivity index (χ0v) is 10.8. The highest BCUT2D eigenvalue weighted by Crippen LogP contribution is 2.37. The van der Waals surface area contributed by atoms with Gasteiger partial charge in [-0.25, -0.2) is 0 Å². The standard InChI is InChI=1S/C11H16BrN3O/c1-7(13)5-14-11(16)10-4-8(12)6-15(10)9-2-3-9/h4,6-7,9H,2-3,5,13H2,1H3,(H,14,16). The summed E-state index contributed by atoms with van der Waals surface area (Å²) in [6, 6.07) is 2.34. The lowest BCUT2D eigenvalue weighted by Crippen LogP contribution is -2.35. The van der Waals surface area contributed by atoms with Crippen LogP contribution in [0.15, 0.2) is 16.7 Å². The Morgan fingerprint density at radius 1 is 1.75 bits per heavy atom. The Morgan fingerprint density at radius 2 is 2.44 bits per heavy atom. The highest BCUT2D eigenvalue weighted by Gasteiger charge is 2.27. The smallest absolute Gasteiger partial charge is 0.268 e. The van der Waals surface area contributed by atoms with E-state index in [0.29, 0.717) is 12.6 Å². The van der Waals surface area contributed by atoms with Crippen LogP contribution in [0.2, 0.25) is 0 Å². The fourth-order valence-corrected chi connectivity index (χ4v) is 2.06. The van der Waals surface area contributed by atoms with Crippen molar-refractivity contribution in [3.8, 4) is 0 Å². The first-order chi connectivity index (χ1) is 7.58. The number of amides is 1. The number of carbonyl (C=O) groups is 1. The molecule has 1 fully saturated rings. The molecule has 4 nitrogen and oxygen atoms in total. The molecule has 0 bridgehead atoms. The fraction of sp³-hybridized carbons (Fsp3) is 0.545. The molecule has 3 N–H and O–H groups in total. The van der Waals surface area contributed by atoms with E-state index < -0.39 is 0 Å². The van der Waals surface area contributed by atoms with Gasteiger partial charge < -0.3 is 15.6 Å². The van der Waals surface area contributed by atoms with Gasteiger partial charge in [-0.15, -0.1) is 0 Å². The van der Waals surface area contributed by atoms with Crippen LogP contribution in [-0.4, -0.2) is 23.1 Å². The van der Waals surface area contributed by atoms with Crippen LogP contribution in [-0.2, 0) is 0 Å². The summed E-state index contributed by atoms with van der Waals surface area (Å²) in [6.07, 6.45) is 4.29. The number of nitrogens with one attached hydrogen (secondary N) is 1. The van der Waals surface area contributed by atoms with E-state index >= 15 is 0 Å². The highest BCUT2D eigenvalue weighted by atomic mass is 79.9. The molecule has 1 aromatic rings. The molecule has 0 radical (unpaired) electrons. The van der Waals surface area contributed by atoms with Crippen LogP contribution < -0.4 is 11.1 Å². The molecule has 1 amide bonds. The summed E-state index contributed by atoms with van der Waals surface area (Å²) in [5, 5.41) is 2.83. The molecule has 0 spiro atoms. The second-order valence-corrected chi connectivity index (χ2v) is 5.28. The zero-order chi connectivity index (χ0) is 11.7. The average molecular weight is 286 g/mol. The second-order valence-electron chi connectivity index (χ2n) is 4.37. The molecule has 1 aliphatic carbocycles. The zero-order valence-electron chi connectivity index (χ0n) is 9.24.